The molecule has 0 amide bonds. The third-order valence-electron chi connectivity index (χ3n) is 2.31. The zero-order valence-corrected chi connectivity index (χ0v) is 10.2. The lowest BCUT2D eigenvalue weighted by molar-refractivity contribution is -0.385. The highest BCUT2D eigenvalue weighted by molar-refractivity contribution is 6.32. The zero-order valence-electron chi connectivity index (χ0n) is 9.46. The van der Waals surface area contributed by atoms with E-state index in [-0.39, 0.29) is 16.5 Å². The summed E-state index contributed by atoms with van der Waals surface area (Å²) in [7, 11) is 0. The van der Waals surface area contributed by atoms with Gasteiger partial charge in [-0.25, -0.2) is 0 Å². The highest BCUT2D eigenvalue weighted by Crippen LogP contribution is 2.37. The van der Waals surface area contributed by atoms with Crippen LogP contribution in [0, 0.1) is 17.0 Å². The van der Waals surface area contributed by atoms with Crippen molar-refractivity contribution in [1.82, 2.24) is 4.98 Å². The summed E-state index contributed by atoms with van der Waals surface area (Å²) in [6.07, 6.45) is 1.62. The lowest BCUT2D eigenvalue weighted by Gasteiger charge is -2.08. The Balaban J connectivity index is 2.44. The van der Waals surface area contributed by atoms with E-state index in [0.29, 0.717) is 11.4 Å². The van der Waals surface area contributed by atoms with Gasteiger partial charge in [-0.1, -0.05) is 17.7 Å². The van der Waals surface area contributed by atoms with Crippen LogP contribution in [0.2, 0.25) is 5.02 Å². The number of para-hydroxylation sites is 1. The third kappa shape index (κ3) is 2.41. The number of ether oxygens (including phenoxy) is 1. The molecule has 18 heavy (non-hydrogen) atoms. The average molecular weight is 265 g/mol. The largest absolute Gasteiger partial charge is 0.448 e. The van der Waals surface area contributed by atoms with Gasteiger partial charge in [-0.3, -0.25) is 15.1 Å². The Morgan fingerprint density at radius 1 is 1.28 bits per heavy atom. The van der Waals surface area contributed by atoms with Gasteiger partial charge in [0.25, 0.3) is 0 Å². The van der Waals surface area contributed by atoms with E-state index in [9.17, 15) is 10.1 Å². The first-order valence-corrected chi connectivity index (χ1v) is 5.50. The van der Waals surface area contributed by atoms with E-state index in [4.69, 9.17) is 16.3 Å². The second-order valence-corrected chi connectivity index (χ2v) is 3.94. The normalized spacial score (nSPS) is 10.1. The van der Waals surface area contributed by atoms with Crippen molar-refractivity contribution in [3.05, 3.63) is 57.4 Å². The molecule has 1 aromatic heterocycles. The molecule has 0 N–H and O–H groups in total. The van der Waals surface area contributed by atoms with E-state index in [1.807, 2.05) is 0 Å². The molecule has 0 fully saturated rings. The standard InChI is InChI=1S/C12H9ClN2O3/c1-8-10(6-3-7-14-8)18-11-5-2-4-9(13)12(11)15(16)17/h2-7H,1H3. The number of pyridine rings is 1. The molecule has 0 saturated heterocycles. The van der Waals surface area contributed by atoms with Crippen LogP contribution in [-0.4, -0.2) is 9.91 Å². The molecule has 6 heteroatoms. The fourth-order valence-corrected chi connectivity index (χ4v) is 1.69. The molecule has 0 bridgehead atoms. The van der Waals surface area contributed by atoms with Gasteiger partial charge < -0.3 is 4.74 Å². The van der Waals surface area contributed by atoms with Crippen LogP contribution in [-0.2, 0) is 0 Å². The quantitative estimate of drug-likeness (QED) is 0.626. The number of hydrogen-bond acceptors (Lipinski definition) is 4. The number of benzene rings is 1. The van der Waals surface area contributed by atoms with Crippen LogP contribution in [0.5, 0.6) is 11.5 Å². The van der Waals surface area contributed by atoms with Crippen LogP contribution in [0.4, 0.5) is 5.69 Å². The minimum absolute atomic E-state index is 0.0408. The molecular weight excluding hydrogens is 256 g/mol. The van der Waals surface area contributed by atoms with Gasteiger partial charge in [-0.05, 0) is 31.2 Å². The smallest absolute Gasteiger partial charge is 0.329 e. The van der Waals surface area contributed by atoms with Crippen LogP contribution in [0.15, 0.2) is 36.5 Å². The second kappa shape index (κ2) is 5.01. The first-order valence-electron chi connectivity index (χ1n) is 5.12. The highest BCUT2D eigenvalue weighted by atomic mass is 35.5. The number of halogens is 1. The fourth-order valence-electron chi connectivity index (χ4n) is 1.45. The molecule has 0 radical (unpaired) electrons. The molecular formula is C12H9ClN2O3. The van der Waals surface area contributed by atoms with Gasteiger partial charge in [-0.2, -0.15) is 0 Å². The molecule has 0 aliphatic carbocycles. The van der Waals surface area contributed by atoms with Crippen molar-refractivity contribution < 1.29 is 9.66 Å². The average Bonchev–Trinajstić information content (AvgIpc) is 2.31. The van der Waals surface area contributed by atoms with Gasteiger partial charge >= 0.3 is 5.69 Å². The van der Waals surface area contributed by atoms with Gasteiger partial charge in [0, 0.05) is 6.20 Å². The number of nitrogens with zero attached hydrogens (tertiary/aromatic N) is 2. The number of rotatable bonds is 3. The third-order valence-corrected chi connectivity index (χ3v) is 2.62. The predicted molar refractivity (Wildman–Crippen MR) is 67.2 cm³/mol. The van der Waals surface area contributed by atoms with Crippen molar-refractivity contribution in [2.75, 3.05) is 0 Å². The molecule has 0 aliphatic rings. The maximum Gasteiger partial charge on any atom is 0.329 e. The summed E-state index contributed by atoms with van der Waals surface area (Å²) in [5.74, 6) is 0.562. The molecule has 0 aliphatic heterocycles. The Hall–Kier alpha value is -2.14. The van der Waals surface area contributed by atoms with Crippen LogP contribution in [0.1, 0.15) is 5.69 Å². The molecule has 1 aromatic carbocycles. The van der Waals surface area contributed by atoms with E-state index >= 15 is 0 Å². The molecule has 0 saturated carbocycles. The van der Waals surface area contributed by atoms with E-state index in [2.05, 4.69) is 4.98 Å². The monoisotopic (exact) mass is 264 g/mol. The van der Waals surface area contributed by atoms with Crippen molar-refractivity contribution in [2.45, 2.75) is 6.92 Å². The first-order chi connectivity index (χ1) is 8.59. The topological polar surface area (TPSA) is 65.3 Å². The van der Waals surface area contributed by atoms with Crippen LogP contribution >= 0.6 is 11.6 Å². The van der Waals surface area contributed by atoms with Crippen molar-refractivity contribution >= 4 is 17.3 Å². The van der Waals surface area contributed by atoms with Crippen molar-refractivity contribution in [1.29, 1.82) is 0 Å². The van der Waals surface area contributed by atoms with E-state index in [1.165, 1.54) is 12.1 Å². The van der Waals surface area contributed by atoms with Crippen molar-refractivity contribution in [3.63, 3.8) is 0 Å². The van der Waals surface area contributed by atoms with Crippen LogP contribution in [0.3, 0.4) is 0 Å². The van der Waals surface area contributed by atoms with Crippen LogP contribution < -0.4 is 4.74 Å². The maximum absolute atomic E-state index is 10.9. The van der Waals surface area contributed by atoms with E-state index in [1.54, 1.807) is 31.3 Å². The summed E-state index contributed by atoms with van der Waals surface area (Å²) < 4.78 is 5.49. The zero-order chi connectivity index (χ0) is 13.1. The number of nitro benzene ring substituents is 1. The lowest BCUT2D eigenvalue weighted by Crippen LogP contribution is -1.96. The molecule has 92 valence electrons. The van der Waals surface area contributed by atoms with E-state index < -0.39 is 4.92 Å². The Morgan fingerprint density at radius 2 is 2.00 bits per heavy atom. The number of hydrogen-bond donors (Lipinski definition) is 0. The summed E-state index contributed by atoms with van der Waals surface area (Å²) in [4.78, 5) is 14.4. The number of aromatic nitrogens is 1. The molecule has 2 rings (SSSR count). The van der Waals surface area contributed by atoms with Gasteiger partial charge in [-0.15, -0.1) is 0 Å². The Bertz CT molecular complexity index is 602. The van der Waals surface area contributed by atoms with Crippen molar-refractivity contribution in [2.24, 2.45) is 0 Å². The lowest BCUT2D eigenvalue weighted by atomic mass is 10.3. The minimum Gasteiger partial charge on any atom is -0.448 e. The molecule has 5 nitrogen and oxygen atoms in total. The van der Waals surface area contributed by atoms with Crippen LogP contribution in [0.25, 0.3) is 0 Å². The molecule has 0 spiro atoms. The summed E-state index contributed by atoms with van der Waals surface area (Å²) in [6, 6.07) is 7.92. The van der Waals surface area contributed by atoms with Gasteiger partial charge in [0.1, 0.15) is 10.8 Å². The van der Waals surface area contributed by atoms with Gasteiger partial charge in [0.05, 0.1) is 10.6 Å². The second-order valence-electron chi connectivity index (χ2n) is 3.53. The first kappa shape index (κ1) is 12.3. The maximum atomic E-state index is 10.9. The predicted octanol–water partition coefficient (Wildman–Crippen LogP) is 3.74. The van der Waals surface area contributed by atoms with Gasteiger partial charge in [0.15, 0.2) is 0 Å². The fraction of sp³-hybridized carbons (Fsp3) is 0.0833. The summed E-state index contributed by atoms with van der Waals surface area (Å²) in [5, 5.41) is 11.0. The SMILES string of the molecule is Cc1ncccc1Oc1cccc(Cl)c1[N+](=O)[O-]. The molecule has 0 atom stereocenters. The van der Waals surface area contributed by atoms with Gasteiger partial charge in [0.2, 0.25) is 5.75 Å². The van der Waals surface area contributed by atoms with Crippen molar-refractivity contribution in [3.8, 4) is 11.5 Å². The minimum atomic E-state index is -0.566. The molecule has 2 aromatic rings. The number of aryl methyl sites for hydroxylation is 1. The Kier molecular flexibility index (Phi) is 3.43. The Labute approximate surface area is 108 Å². The highest BCUT2D eigenvalue weighted by Gasteiger charge is 2.20. The number of nitro groups is 1. The van der Waals surface area contributed by atoms with E-state index in [0.717, 1.165) is 0 Å². The molecule has 1 heterocycles. The Morgan fingerprint density at radius 3 is 2.67 bits per heavy atom. The summed E-state index contributed by atoms with van der Waals surface area (Å²) in [6.45, 7) is 1.76. The molecule has 0 unspecified atom stereocenters. The summed E-state index contributed by atoms with van der Waals surface area (Å²) in [5.41, 5.74) is 0.397. The summed E-state index contributed by atoms with van der Waals surface area (Å²) >= 11 is 5.79.